The van der Waals surface area contributed by atoms with Gasteiger partial charge in [0.05, 0.1) is 0 Å². The lowest BCUT2D eigenvalue weighted by atomic mass is 9.91. The molecule has 0 atom stereocenters. The Kier molecular flexibility index (Phi) is 7.31. The molecule has 184 valence electrons. The molecule has 0 amide bonds. The minimum absolute atomic E-state index is 0. The van der Waals surface area contributed by atoms with Gasteiger partial charge in [-0.05, 0) is 0 Å². The van der Waals surface area contributed by atoms with Crippen molar-refractivity contribution in [2.45, 2.75) is 47.0 Å². The van der Waals surface area contributed by atoms with E-state index in [0.29, 0.717) is 0 Å². The van der Waals surface area contributed by atoms with E-state index in [1.165, 1.54) is 0 Å². The Labute approximate surface area is 152 Å². The number of alkyl halides is 17. The molecule has 0 aliphatic rings. The maximum Gasteiger partial charge on any atom is 0.460 e. The number of rotatable bonds is 7. The van der Waals surface area contributed by atoms with Gasteiger partial charge >= 0.3 is 57.1 Å². The molecule has 0 aromatic heterocycles. The van der Waals surface area contributed by atoms with Crippen molar-refractivity contribution in [1.29, 1.82) is 0 Å². The van der Waals surface area contributed by atoms with Gasteiger partial charge < -0.3 is 6.15 Å². The maximum atomic E-state index is 13.0. The zero-order chi connectivity index (χ0) is 24.5. The summed E-state index contributed by atoms with van der Waals surface area (Å²) < 4.78 is 242. The average Bonchev–Trinajstić information content (AvgIpc) is 2.43. The Hall–Kier alpha value is -1.32. The quantitative estimate of drug-likeness (QED) is 0.358. The smallest absolute Gasteiger partial charge is 0.369 e. The molecule has 0 aromatic carbocycles. The molecule has 0 heterocycles. The monoisotopic (exact) mass is 518 g/mol. The van der Waals surface area contributed by atoms with Gasteiger partial charge in [-0.3, -0.25) is 4.55 Å². The molecule has 30 heavy (non-hydrogen) atoms. The highest BCUT2D eigenvalue weighted by molar-refractivity contribution is 7.87. The van der Waals surface area contributed by atoms with Crippen LogP contribution in [0.15, 0.2) is 0 Å². The largest absolute Gasteiger partial charge is 0.460 e. The molecule has 0 bridgehead atoms. The molecule has 0 radical (unpaired) electrons. The standard InChI is InChI=1S/C8HF17O3S.H3N/c9-1(10,3(13,14)5(17,18)7(21,22)23)2(11,12)4(15,16)6(19,20)8(24,25)29(26,27)28;/h(H,26,27,28);1H3/p+1. The van der Waals surface area contributed by atoms with Gasteiger partial charge in [0.15, 0.2) is 0 Å². The summed E-state index contributed by atoms with van der Waals surface area (Å²) in [5.74, 6) is -52.0. The summed E-state index contributed by atoms with van der Waals surface area (Å²) in [4.78, 5) is 0. The van der Waals surface area contributed by atoms with Crippen LogP contribution in [0.4, 0.5) is 74.6 Å². The van der Waals surface area contributed by atoms with Gasteiger partial charge in [0, 0.05) is 0 Å². The third-order valence-electron chi connectivity index (χ3n) is 3.02. The van der Waals surface area contributed by atoms with E-state index in [1.807, 2.05) is 0 Å². The van der Waals surface area contributed by atoms with Crippen LogP contribution in [0.2, 0.25) is 0 Å². The van der Waals surface area contributed by atoms with E-state index in [9.17, 15) is 83.1 Å². The van der Waals surface area contributed by atoms with E-state index < -0.39 is 57.1 Å². The van der Waals surface area contributed by atoms with E-state index in [2.05, 4.69) is 0 Å². The molecule has 0 aliphatic carbocycles. The number of hydrogen-bond donors (Lipinski definition) is 2. The van der Waals surface area contributed by atoms with E-state index >= 15 is 0 Å². The summed E-state index contributed by atoms with van der Waals surface area (Å²) in [5.41, 5.74) is 0. The summed E-state index contributed by atoms with van der Waals surface area (Å²) in [5, 5.41) is -7.84. The van der Waals surface area contributed by atoms with E-state index in [4.69, 9.17) is 4.55 Å². The predicted molar refractivity (Wildman–Crippen MR) is 58.2 cm³/mol. The second-order valence-electron chi connectivity index (χ2n) is 4.94. The molecule has 22 heteroatoms. The lowest BCUT2D eigenvalue weighted by Gasteiger charge is -2.42. The third kappa shape index (κ3) is 3.52. The van der Waals surface area contributed by atoms with Gasteiger partial charge in [0.2, 0.25) is 0 Å². The zero-order valence-electron chi connectivity index (χ0n) is 13.1. The van der Waals surface area contributed by atoms with Gasteiger partial charge in [0.25, 0.3) is 0 Å². The molecule has 5 N–H and O–H groups in total. The van der Waals surface area contributed by atoms with Crippen molar-refractivity contribution >= 4 is 10.1 Å². The molecule has 0 unspecified atom stereocenters. The predicted octanol–water partition coefficient (Wildman–Crippen LogP) is 5.22. The normalized spacial score (nSPS) is 16.3. The van der Waals surface area contributed by atoms with Crippen molar-refractivity contribution in [1.82, 2.24) is 6.15 Å². The minimum atomic E-state index is -8.89. The molecule has 0 saturated carbocycles. The molecule has 0 aliphatic heterocycles. The van der Waals surface area contributed by atoms with Crippen LogP contribution in [0.3, 0.4) is 0 Å². The second-order valence-corrected chi connectivity index (χ2v) is 6.40. The first kappa shape index (κ1) is 30.9. The average molecular weight is 518 g/mol. The topological polar surface area (TPSA) is 90.9 Å². The van der Waals surface area contributed by atoms with Crippen molar-refractivity contribution < 1.29 is 87.6 Å². The Morgan fingerprint density at radius 2 is 0.633 bits per heavy atom. The zero-order valence-corrected chi connectivity index (χ0v) is 13.9. The van der Waals surface area contributed by atoms with Crippen LogP contribution >= 0.6 is 0 Å². The Balaban J connectivity index is 0. The number of quaternary nitrogens is 1. The Morgan fingerprint density at radius 1 is 0.433 bits per heavy atom. The summed E-state index contributed by atoms with van der Waals surface area (Å²) in [6, 6.07) is 0. The van der Waals surface area contributed by atoms with Crippen LogP contribution in [0, 0.1) is 0 Å². The van der Waals surface area contributed by atoms with Gasteiger partial charge in [-0.25, -0.2) is 0 Å². The fourth-order valence-corrected chi connectivity index (χ4v) is 1.76. The van der Waals surface area contributed by atoms with Gasteiger partial charge in [0.1, 0.15) is 0 Å². The fourth-order valence-electron chi connectivity index (χ4n) is 1.31. The van der Waals surface area contributed by atoms with Crippen LogP contribution in [-0.4, -0.2) is 59.9 Å². The Morgan fingerprint density at radius 3 is 0.833 bits per heavy atom. The van der Waals surface area contributed by atoms with Crippen molar-refractivity contribution in [2.24, 2.45) is 0 Å². The third-order valence-corrected chi connectivity index (χ3v) is 3.92. The first-order valence-corrected chi connectivity index (χ1v) is 7.12. The number of hydrogen-bond acceptors (Lipinski definition) is 2. The molecule has 0 aromatic rings. The molecular formula is C8H5F17NO3S+. The Bertz CT molecular complexity index is 739. The van der Waals surface area contributed by atoms with Crippen LogP contribution in [-0.2, 0) is 10.1 Å². The first-order chi connectivity index (χ1) is 12.0. The second kappa shape index (κ2) is 7.10. The highest BCUT2D eigenvalue weighted by Crippen LogP contribution is 2.64. The highest BCUT2D eigenvalue weighted by atomic mass is 32.2. The molecule has 0 spiro atoms. The van der Waals surface area contributed by atoms with Crippen molar-refractivity contribution in [3.05, 3.63) is 0 Å². The molecular weight excluding hydrogens is 513 g/mol. The number of halogens is 17. The lowest BCUT2D eigenvalue weighted by Crippen LogP contribution is -2.74. The molecule has 0 saturated heterocycles. The fraction of sp³-hybridized carbons (Fsp3) is 1.00. The lowest BCUT2D eigenvalue weighted by molar-refractivity contribution is -0.458. The van der Waals surface area contributed by atoms with E-state index in [-0.39, 0.29) is 6.15 Å². The van der Waals surface area contributed by atoms with Crippen LogP contribution in [0.1, 0.15) is 0 Å². The summed E-state index contributed by atoms with van der Waals surface area (Å²) >= 11 is 0. The van der Waals surface area contributed by atoms with Crippen LogP contribution < -0.4 is 6.15 Å². The van der Waals surface area contributed by atoms with Crippen molar-refractivity contribution in [2.75, 3.05) is 0 Å². The summed E-state index contributed by atoms with van der Waals surface area (Å²) in [6.07, 6.45) is -7.88. The molecule has 0 rings (SSSR count). The first-order valence-electron chi connectivity index (χ1n) is 5.68. The van der Waals surface area contributed by atoms with Crippen LogP contribution in [0.5, 0.6) is 0 Å². The van der Waals surface area contributed by atoms with E-state index in [1.54, 1.807) is 0 Å². The van der Waals surface area contributed by atoms with Gasteiger partial charge in [-0.1, -0.05) is 0 Å². The highest BCUT2D eigenvalue weighted by Gasteiger charge is 2.96. The van der Waals surface area contributed by atoms with Gasteiger partial charge in [-0.2, -0.15) is 83.1 Å². The minimum Gasteiger partial charge on any atom is -0.369 e. The summed E-state index contributed by atoms with van der Waals surface area (Å²) in [6.45, 7) is 0. The summed E-state index contributed by atoms with van der Waals surface area (Å²) in [7, 11) is -7.89. The maximum absolute atomic E-state index is 13.0. The molecule has 4 nitrogen and oxygen atoms in total. The van der Waals surface area contributed by atoms with Crippen molar-refractivity contribution in [3.63, 3.8) is 0 Å². The van der Waals surface area contributed by atoms with Crippen molar-refractivity contribution in [3.8, 4) is 0 Å². The SMILES string of the molecule is O=S(=O)(O)C(F)(F)C(F)(F)C(F)(F)C(F)(F)C(F)(F)C(F)(F)C(F)(F)C(F)(F)F.[NH4+]. The molecule has 0 fully saturated rings. The van der Waals surface area contributed by atoms with E-state index in [0.717, 1.165) is 0 Å². The van der Waals surface area contributed by atoms with Gasteiger partial charge in [-0.15, -0.1) is 0 Å². The van der Waals surface area contributed by atoms with Crippen LogP contribution in [0.25, 0.3) is 0 Å².